The molecule has 0 saturated heterocycles. The molecule has 27 heavy (non-hydrogen) atoms. The van der Waals surface area contributed by atoms with E-state index in [4.69, 9.17) is 0 Å². The summed E-state index contributed by atoms with van der Waals surface area (Å²) in [5, 5.41) is 0. The maximum Gasteiger partial charge on any atom is 0.0148 e. The Morgan fingerprint density at radius 2 is 1.15 bits per heavy atom. The lowest BCUT2D eigenvalue weighted by atomic mass is 9.58. The highest BCUT2D eigenvalue weighted by molar-refractivity contribution is 9.09. The Balaban J connectivity index is 1.44. The van der Waals surface area contributed by atoms with Crippen LogP contribution >= 0.6 is 15.9 Å². The topological polar surface area (TPSA) is 0 Å². The fourth-order valence-corrected chi connectivity index (χ4v) is 8.89. The zero-order valence-corrected chi connectivity index (χ0v) is 20.0. The third-order valence-electron chi connectivity index (χ3n) is 10.2. The molecular formula is C26H45Br. The van der Waals surface area contributed by atoms with Crippen molar-refractivity contribution in [2.45, 2.75) is 115 Å². The highest BCUT2D eigenvalue weighted by atomic mass is 79.9. The van der Waals surface area contributed by atoms with Gasteiger partial charge in [0.05, 0.1) is 0 Å². The van der Waals surface area contributed by atoms with Crippen LogP contribution in [-0.4, -0.2) is 4.83 Å². The van der Waals surface area contributed by atoms with Crippen LogP contribution in [0.25, 0.3) is 0 Å². The molecule has 4 saturated carbocycles. The van der Waals surface area contributed by atoms with Crippen LogP contribution in [0.4, 0.5) is 0 Å². The highest BCUT2D eigenvalue weighted by Gasteiger charge is 2.44. The average molecular weight is 438 g/mol. The molecule has 8 atom stereocenters. The third kappa shape index (κ3) is 4.49. The van der Waals surface area contributed by atoms with E-state index in [1.807, 2.05) is 0 Å². The van der Waals surface area contributed by atoms with Crippen LogP contribution in [0.5, 0.6) is 0 Å². The Labute approximate surface area is 178 Å². The molecule has 0 nitrogen and oxygen atoms in total. The second-order valence-electron chi connectivity index (χ2n) is 11.8. The summed E-state index contributed by atoms with van der Waals surface area (Å²) in [6.45, 7) is 7.93. The summed E-state index contributed by atoms with van der Waals surface area (Å²) in [5.41, 5.74) is 0.554. The summed E-state index contributed by atoms with van der Waals surface area (Å²) in [6.07, 6.45) is 21.3. The van der Waals surface area contributed by atoms with Crippen LogP contribution in [-0.2, 0) is 0 Å². The van der Waals surface area contributed by atoms with Crippen molar-refractivity contribution >= 4 is 15.9 Å². The predicted molar refractivity (Wildman–Crippen MR) is 121 cm³/mol. The van der Waals surface area contributed by atoms with E-state index in [0.717, 1.165) is 46.3 Å². The van der Waals surface area contributed by atoms with Crippen LogP contribution in [0.2, 0.25) is 0 Å². The summed E-state index contributed by atoms with van der Waals surface area (Å²) in [6, 6.07) is 0. The standard InChI is InChI=1S/C26H45Br/c1-18-15-20(21-11-12-23-17-24(27)14-13-22(23)16-21)9-6-8-19-7-4-5-10-25(19)26(18,2)3/h18-25H,4-17H2,1-3H3/t18?,19?,20-,21?,22?,23?,24?,25?/m1/s1. The van der Waals surface area contributed by atoms with E-state index in [-0.39, 0.29) is 0 Å². The van der Waals surface area contributed by atoms with Gasteiger partial charge in [-0.1, -0.05) is 75.2 Å². The molecule has 0 bridgehead atoms. The van der Waals surface area contributed by atoms with E-state index in [1.54, 1.807) is 25.7 Å². The molecule has 0 aromatic carbocycles. The summed E-state index contributed by atoms with van der Waals surface area (Å²) in [4.78, 5) is 0.823. The summed E-state index contributed by atoms with van der Waals surface area (Å²) >= 11 is 3.92. The lowest BCUT2D eigenvalue weighted by Crippen LogP contribution is -2.38. The predicted octanol–water partition coefficient (Wildman–Crippen LogP) is 8.63. The number of fused-ring (bicyclic) bond motifs is 2. The van der Waals surface area contributed by atoms with Gasteiger partial charge in [0, 0.05) is 4.83 Å². The van der Waals surface area contributed by atoms with Gasteiger partial charge in [-0.3, -0.25) is 0 Å². The van der Waals surface area contributed by atoms with Crippen molar-refractivity contribution in [1.29, 1.82) is 0 Å². The van der Waals surface area contributed by atoms with Gasteiger partial charge < -0.3 is 0 Å². The number of hydrogen-bond acceptors (Lipinski definition) is 0. The number of alkyl halides is 1. The van der Waals surface area contributed by atoms with E-state index in [9.17, 15) is 0 Å². The van der Waals surface area contributed by atoms with Crippen LogP contribution < -0.4 is 0 Å². The molecule has 0 radical (unpaired) electrons. The Morgan fingerprint density at radius 1 is 0.593 bits per heavy atom. The molecule has 1 heteroatoms. The second kappa shape index (κ2) is 8.69. The SMILES string of the molecule is CC1C[C@H](C2CCC3CC(Br)CCC3C2)CCCC2CCCCC2C1(C)C. The highest BCUT2D eigenvalue weighted by Crippen LogP contribution is 2.53. The molecule has 0 N–H and O–H groups in total. The smallest absolute Gasteiger partial charge is 0.0148 e. The first kappa shape index (κ1) is 20.7. The van der Waals surface area contributed by atoms with E-state index < -0.39 is 0 Å². The molecule has 4 fully saturated rings. The minimum atomic E-state index is 0.554. The molecule has 4 rings (SSSR count). The molecule has 7 unspecified atom stereocenters. The van der Waals surface area contributed by atoms with E-state index in [2.05, 4.69) is 36.7 Å². The van der Waals surface area contributed by atoms with Gasteiger partial charge in [0.15, 0.2) is 0 Å². The Morgan fingerprint density at radius 3 is 1.93 bits per heavy atom. The van der Waals surface area contributed by atoms with Crippen molar-refractivity contribution in [2.75, 3.05) is 0 Å². The molecule has 0 heterocycles. The minimum Gasteiger partial charge on any atom is -0.0891 e. The fourth-order valence-electron chi connectivity index (χ4n) is 8.14. The van der Waals surface area contributed by atoms with Crippen LogP contribution in [0.15, 0.2) is 0 Å². The largest absolute Gasteiger partial charge is 0.0891 e. The van der Waals surface area contributed by atoms with Gasteiger partial charge >= 0.3 is 0 Å². The maximum atomic E-state index is 3.92. The van der Waals surface area contributed by atoms with Crippen molar-refractivity contribution in [2.24, 2.45) is 46.8 Å². The second-order valence-corrected chi connectivity index (χ2v) is 13.1. The first-order chi connectivity index (χ1) is 12.9. The number of rotatable bonds is 1. The molecule has 4 aliphatic carbocycles. The Bertz CT molecular complexity index is 483. The summed E-state index contributed by atoms with van der Waals surface area (Å²) in [5.74, 6) is 7.15. The van der Waals surface area contributed by atoms with Gasteiger partial charge in [-0.05, 0) is 98.2 Å². The van der Waals surface area contributed by atoms with E-state index >= 15 is 0 Å². The molecule has 4 aliphatic rings. The quantitative estimate of drug-likeness (QED) is 0.360. The average Bonchev–Trinajstić information content (AvgIpc) is 2.70. The van der Waals surface area contributed by atoms with Gasteiger partial charge in [0.25, 0.3) is 0 Å². The molecule has 0 aliphatic heterocycles. The molecular weight excluding hydrogens is 392 g/mol. The first-order valence-corrected chi connectivity index (χ1v) is 13.5. The number of hydrogen-bond donors (Lipinski definition) is 0. The molecule has 0 aromatic heterocycles. The van der Waals surface area contributed by atoms with Crippen molar-refractivity contribution in [3.63, 3.8) is 0 Å². The lowest BCUT2D eigenvalue weighted by molar-refractivity contribution is 0.0279. The van der Waals surface area contributed by atoms with Crippen molar-refractivity contribution < 1.29 is 0 Å². The van der Waals surface area contributed by atoms with Crippen molar-refractivity contribution in [1.82, 2.24) is 0 Å². The Hall–Kier alpha value is 0.480. The lowest BCUT2D eigenvalue weighted by Gasteiger charge is -2.47. The monoisotopic (exact) mass is 436 g/mol. The zero-order chi connectivity index (χ0) is 19.0. The van der Waals surface area contributed by atoms with Gasteiger partial charge in [-0.15, -0.1) is 0 Å². The van der Waals surface area contributed by atoms with Crippen LogP contribution in [0.1, 0.15) is 111 Å². The summed E-state index contributed by atoms with van der Waals surface area (Å²) in [7, 11) is 0. The number of halogens is 1. The van der Waals surface area contributed by atoms with Crippen LogP contribution in [0.3, 0.4) is 0 Å². The fraction of sp³-hybridized carbons (Fsp3) is 1.00. The normalized spacial score (nSPS) is 48.4. The van der Waals surface area contributed by atoms with E-state index in [1.165, 1.54) is 64.2 Å². The van der Waals surface area contributed by atoms with Gasteiger partial charge in [0.1, 0.15) is 0 Å². The third-order valence-corrected chi connectivity index (χ3v) is 11.0. The Kier molecular flexibility index (Phi) is 6.67. The summed E-state index contributed by atoms with van der Waals surface area (Å²) < 4.78 is 0. The zero-order valence-electron chi connectivity index (χ0n) is 18.4. The van der Waals surface area contributed by atoms with Gasteiger partial charge in [-0.2, -0.15) is 0 Å². The molecule has 0 amide bonds. The van der Waals surface area contributed by atoms with E-state index in [0.29, 0.717) is 5.41 Å². The van der Waals surface area contributed by atoms with Crippen LogP contribution in [0, 0.1) is 46.8 Å². The molecule has 156 valence electrons. The first-order valence-electron chi connectivity index (χ1n) is 12.6. The van der Waals surface area contributed by atoms with Gasteiger partial charge in [0.2, 0.25) is 0 Å². The molecule has 0 spiro atoms. The van der Waals surface area contributed by atoms with Crippen molar-refractivity contribution in [3.8, 4) is 0 Å². The van der Waals surface area contributed by atoms with Crippen molar-refractivity contribution in [3.05, 3.63) is 0 Å². The van der Waals surface area contributed by atoms with Gasteiger partial charge in [-0.25, -0.2) is 0 Å². The minimum absolute atomic E-state index is 0.554. The molecule has 0 aromatic rings. The maximum absolute atomic E-state index is 3.92.